The standard InChI is InChI=1S/C14H20N2O3S/c1-4-7-14(3,17)10-16-20(18,19)13-6-5-12(9-15)11(2)8-13/h5-6,8,16-17H,4,7,10H2,1-3H3. The van der Waals surface area contributed by atoms with Crippen molar-refractivity contribution in [3.05, 3.63) is 29.3 Å². The van der Waals surface area contributed by atoms with E-state index in [-0.39, 0.29) is 11.4 Å². The molecule has 1 aromatic carbocycles. The van der Waals surface area contributed by atoms with Crippen LogP contribution in [0.25, 0.3) is 0 Å². The van der Waals surface area contributed by atoms with Gasteiger partial charge in [0.05, 0.1) is 22.1 Å². The van der Waals surface area contributed by atoms with E-state index in [1.54, 1.807) is 13.8 Å². The van der Waals surface area contributed by atoms with E-state index in [0.717, 1.165) is 6.42 Å². The number of hydrogen-bond donors (Lipinski definition) is 2. The summed E-state index contributed by atoms with van der Waals surface area (Å²) < 4.78 is 26.7. The average Bonchev–Trinajstić information content (AvgIpc) is 2.36. The first-order valence-corrected chi connectivity index (χ1v) is 7.93. The molecule has 0 saturated carbocycles. The van der Waals surface area contributed by atoms with Gasteiger partial charge in [0.25, 0.3) is 0 Å². The van der Waals surface area contributed by atoms with Gasteiger partial charge in [-0.05, 0) is 44.0 Å². The first-order valence-electron chi connectivity index (χ1n) is 6.44. The number of rotatable bonds is 6. The highest BCUT2D eigenvalue weighted by molar-refractivity contribution is 7.89. The van der Waals surface area contributed by atoms with Gasteiger partial charge in [0, 0.05) is 6.54 Å². The van der Waals surface area contributed by atoms with Crippen LogP contribution < -0.4 is 4.72 Å². The topological polar surface area (TPSA) is 90.2 Å². The Labute approximate surface area is 120 Å². The second kappa shape index (κ2) is 6.35. The van der Waals surface area contributed by atoms with E-state index < -0.39 is 15.6 Å². The maximum Gasteiger partial charge on any atom is 0.240 e. The van der Waals surface area contributed by atoms with E-state index in [1.807, 2.05) is 13.0 Å². The van der Waals surface area contributed by atoms with E-state index in [4.69, 9.17) is 5.26 Å². The molecule has 0 fully saturated rings. The number of aryl methyl sites for hydroxylation is 1. The Morgan fingerprint density at radius 1 is 1.45 bits per heavy atom. The van der Waals surface area contributed by atoms with Crippen LogP contribution in [0, 0.1) is 18.3 Å². The smallest absolute Gasteiger partial charge is 0.240 e. The highest BCUT2D eigenvalue weighted by atomic mass is 32.2. The van der Waals surface area contributed by atoms with Crippen molar-refractivity contribution in [1.29, 1.82) is 5.26 Å². The Morgan fingerprint density at radius 3 is 2.60 bits per heavy atom. The van der Waals surface area contributed by atoms with Gasteiger partial charge >= 0.3 is 0 Å². The Hall–Kier alpha value is -1.42. The molecule has 0 aliphatic rings. The van der Waals surface area contributed by atoms with Crippen molar-refractivity contribution >= 4 is 10.0 Å². The Kier molecular flexibility index (Phi) is 5.28. The minimum atomic E-state index is -3.68. The fraction of sp³-hybridized carbons (Fsp3) is 0.500. The van der Waals surface area contributed by atoms with Crippen LogP contribution >= 0.6 is 0 Å². The van der Waals surface area contributed by atoms with Crippen LogP contribution in [0.1, 0.15) is 37.8 Å². The molecule has 0 bridgehead atoms. The predicted octanol–water partition coefficient (Wildman–Crippen LogP) is 1.70. The lowest BCUT2D eigenvalue weighted by Crippen LogP contribution is -2.40. The number of nitrogens with zero attached hydrogens (tertiary/aromatic N) is 1. The number of hydrogen-bond acceptors (Lipinski definition) is 4. The molecule has 0 radical (unpaired) electrons. The van der Waals surface area contributed by atoms with Gasteiger partial charge in [-0.2, -0.15) is 5.26 Å². The molecule has 1 rings (SSSR count). The molecule has 20 heavy (non-hydrogen) atoms. The molecule has 5 nitrogen and oxygen atoms in total. The van der Waals surface area contributed by atoms with Gasteiger partial charge in [0.2, 0.25) is 10.0 Å². The van der Waals surface area contributed by atoms with Crippen molar-refractivity contribution in [3.63, 3.8) is 0 Å². The minimum absolute atomic E-state index is 0.0395. The summed E-state index contributed by atoms with van der Waals surface area (Å²) >= 11 is 0. The average molecular weight is 296 g/mol. The Morgan fingerprint density at radius 2 is 2.10 bits per heavy atom. The summed E-state index contributed by atoms with van der Waals surface area (Å²) in [6.45, 7) is 5.17. The van der Waals surface area contributed by atoms with E-state index in [2.05, 4.69) is 4.72 Å². The molecule has 1 unspecified atom stereocenters. The lowest BCUT2D eigenvalue weighted by Gasteiger charge is -2.22. The van der Waals surface area contributed by atoms with Crippen LogP contribution in [0.3, 0.4) is 0 Å². The van der Waals surface area contributed by atoms with Crippen LogP contribution in [-0.4, -0.2) is 25.7 Å². The molecule has 0 amide bonds. The third-order valence-corrected chi connectivity index (χ3v) is 4.46. The number of benzene rings is 1. The number of sulfonamides is 1. The maximum absolute atomic E-state index is 12.1. The SMILES string of the molecule is CCCC(C)(O)CNS(=O)(=O)c1ccc(C#N)c(C)c1. The maximum atomic E-state index is 12.1. The molecule has 0 spiro atoms. The highest BCUT2D eigenvalue weighted by Gasteiger charge is 2.23. The molecule has 0 aliphatic carbocycles. The third-order valence-electron chi connectivity index (χ3n) is 3.06. The molecule has 0 aliphatic heterocycles. The molecule has 1 atom stereocenters. The van der Waals surface area contributed by atoms with Crippen LogP contribution in [-0.2, 0) is 10.0 Å². The molecule has 2 N–H and O–H groups in total. The zero-order valence-corrected chi connectivity index (χ0v) is 12.8. The molecule has 0 saturated heterocycles. The summed E-state index contributed by atoms with van der Waals surface area (Å²) in [6.07, 6.45) is 1.28. The van der Waals surface area contributed by atoms with Crippen molar-refractivity contribution in [2.45, 2.75) is 44.1 Å². The lowest BCUT2D eigenvalue weighted by atomic mass is 10.0. The predicted molar refractivity (Wildman–Crippen MR) is 76.6 cm³/mol. The van der Waals surface area contributed by atoms with Gasteiger partial charge in [0.15, 0.2) is 0 Å². The number of aliphatic hydroxyl groups is 1. The fourth-order valence-corrected chi connectivity index (χ4v) is 3.14. The quantitative estimate of drug-likeness (QED) is 0.836. The molecular weight excluding hydrogens is 276 g/mol. The van der Waals surface area contributed by atoms with Crippen molar-refractivity contribution in [2.75, 3.05) is 6.54 Å². The van der Waals surface area contributed by atoms with E-state index in [9.17, 15) is 13.5 Å². The third kappa shape index (κ3) is 4.30. The molecule has 110 valence electrons. The normalized spacial score (nSPS) is 14.6. The van der Waals surface area contributed by atoms with Gasteiger partial charge < -0.3 is 5.11 Å². The highest BCUT2D eigenvalue weighted by Crippen LogP contribution is 2.16. The lowest BCUT2D eigenvalue weighted by molar-refractivity contribution is 0.0554. The second-order valence-electron chi connectivity index (χ2n) is 5.16. The van der Waals surface area contributed by atoms with Crippen LogP contribution in [0.2, 0.25) is 0 Å². The van der Waals surface area contributed by atoms with E-state index in [1.165, 1.54) is 18.2 Å². The first kappa shape index (κ1) is 16.6. The zero-order valence-electron chi connectivity index (χ0n) is 12.0. The number of nitriles is 1. The summed E-state index contributed by atoms with van der Waals surface area (Å²) in [6, 6.07) is 6.32. The van der Waals surface area contributed by atoms with E-state index in [0.29, 0.717) is 17.5 Å². The summed E-state index contributed by atoms with van der Waals surface area (Å²) in [5.41, 5.74) is -0.0127. The monoisotopic (exact) mass is 296 g/mol. The second-order valence-corrected chi connectivity index (χ2v) is 6.93. The summed E-state index contributed by atoms with van der Waals surface area (Å²) in [5, 5.41) is 18.8. The molecule has 0 aromatic heterocycles. The first-order chi connectivity index (χ1) is 9.22. The van der Waals surface area contributed by atoms with Crippen LogP contribution in [0.4, 0.5) is 0 Å². The van der Waals surface area contributed by atoms with Gasteiger partial charge in [-0.3, -0.25) is 0 Å². The number of nitrogens with one attached hydrogen (secondary N) is 1. The van der Waals surface area contributed by atoms with Crippen molar-refractivity contribution in [3.8, 4) is 6.07 Å². The molecule has 6 heteroatoms. The molecule has 1 aromatic rings. The minimum Gasteiger partial charge on any atom is -0.389 e. The van der Waals surface area contributed by atoms with Crippen LogP contribution in [0.15, 0.2) is 23.1 Å². The largest absolute Gasteiger partial charge is 0.389 e. The molecular formula is C14H20N2O3S. The van der Waals surface area contributed by atoms with Gasteiger partial charge in [-0.15, -0.1) is 0 Å². The van der Waals surface area contributed by atoms with Gasteiger partial charge in [0.1, 0.15) is 0 Å². The van der Waals surface area contributed by atoms with E-state index >= 15 is 0 Å². The molecule has 0 heterocycles. The summed E-state index contributed by atoms with van der Waals surface area (Å²) in [4.78, 5) is 0.0984. The van der Waals surface area contributed by atoms with Crippen molar-refractivity contribution in [2.24, 2.45) is 0 Å². The zero-order chi connectivity index (χ0) is 15.4. The van der Waals surface area contributed by atoms with Crippen molar-refractivity contribution in [1.82, 2.24) is 4.72 Å². The fourth-order valence-electron chi connectivity index (χ4n) is 1.89. The summed E-state index contributed by atoms with van der Waals surface area (Å²) in [5.74, 6) is 0. The Bertz CT molecular complexity index is 616. The van der Waals surface area contributed by atoms with Gasteiger partial charge in [-0.25, -0.2) is 13.1 Å². The van der Waals surface area contributed by atoms with Crippen LogP contribution in [0.5, 0.6) is 0 Å². The summed E-state index contributed by atoms with van der Waals surface area (Å²) in [7, 11) is -3.68. The van der Waals surface area contributed by atoms with Crippen molar-refractivity contribution < 1.29 is 13.5 Å². The van der Waals surface area contributed by atoms with Gasteiger partial charge in [-0.1, -0.05) is 13.3 Å². The Balaban J connectivity index is 2.90.